The fourth-order valence-electron chi connectivity index (χ4n) is 3.94. The van der Waals surface area contributed by atoms with Gasteiger partial charge < -0.3 is 10.2 Å². The van der Waals surface area contributed by atoms with Gasteiger partial charge in [-0.05, 0) is 31.4 Å². The fraction of sp³-hybridized carbons (Fsp3) is 0.476. The van der Waals surface area contributed by atoms with Crippen molar-refractivity contribution in [2.24, 2.45) is 11.1 Å². The van der Waals surface area contributed by atoms with E-state index in [1.165, 1.54) is 17.2 Å². The molecule has 1 saturated heterocycles. The molecule has 2 aliphatic heterocycles. The summed E-state index contributed by atoms with van der Waals surface area (Å²) in [4.78, 5) is 35.1. The smallest absolute Gasteiger partial charge is 0.369 e. The molecule has 4 rings (SSSR count). The Morgan fingerprint density at radius 3 is 2.48 bits per heavy atom. The average Bonchev–Trinajstić information content (AvgIpc) is 3.41. The van der Waals surface area contributed by atoms with Crippen LogP contribution in [0.15, 0.2) is 35.5 Å². The summed E-state index contributed by atoms with van der Waals surface area (Å²) in [6.07, 6.45) is -1.62. The minimum atomic E-state index is -5.17. The van der Waals surface area contributed by atoms with E-state index >= 15 is 0 Å². The molecule has 3 atom stereocenters. The monoisotopic (exact) mass is 473 g/mol. The summed E-state index contributed by atoms with van der Waals surface area (Å²) in [6, 6.07) is 1.31. The maximum absolute atomic E-state index is 13.9. The zero-order chi connectivity index (χ0) is 23.8. The number of amides is 2. The van der Waals surface area contributed by atoms with Crippen molar-refractivity contribution in [3.05, 3.63) is 47.5 Å². The summed E-state index contributed by atoms with van der Waals surface area (Å²) in [7, 11) is 0. The van der Waals surface area contributed by atoms with Crippen molar-refractivity contribution in [2.45, 2.75) is 43.5 Å². The van der Waals surface area contributed by atoms with E-state index in [1.54, 1.807) is 0 Å². The SMILES string of the molecule is O=C([C@@H]1C=C[C@H](NC(=O)C2(C(F)(F)F)CC(c3cc(F)cc(F)c3)=NO2)C1)N1CCCCO1. The van der Waals surface area contributed by atoms with Crippen LogP contribution in [-0.2, 0) is 19.3 Å². The molecule has 1 aliphatic carbocycles. The molecule has 1 fully saturated rings. The highest BCUT2D eigenvalue weighted by Crippen LogP contribution is 2.42. The molecule has 12 heteroatoms. The molecular weight excluding hydrogens is 453 g/mol. The van der Waals surface area contributed by atoms with Gasteiger partial charge in [0.25, 0.3) is 11.8 Å². The number of hydrogen-bond donors (Lipinski definition) is 1. The van der Waals surface area contributed by atoms with Crippen LogP contribution in [0.5, 0.6) is 0 Å². The number of carbonyl (C=O) groups is 2. The van der Waals surface area contributed by atoms with E-state index in [0.717, 1.165) is 25.0 Å². The molecule has 1 aromatic rings. The van der Waals surface area contributed by atoms with E-state index in [-0.39, 0.29) is 17.9 Å². The second-order valence-electron chi connectivity index (χ2n) is 8.08. The molecule has 1 N–H and O–H groups in total. The summed E-state index contributed by atoms with van der Waals surface area (Å²) in [5.74, 6) is -4.51. The molecule has 7 nitrogen and oxygen atoms in total. The van der Waals surface area contributed by atoms with Gasteiger partial charge in [0.1, 0.15) is 11.6 Å². The Balaban J connectivity index is 1.44. The first-order valence-corrected chi connectivity index (χ1v) is 10.3. The third-order valence-corrected chi connectivity index (χ3v) is 5.71. The van der Waals surface area contributed by atoms with Gasteiger partial charge in [-0.15, -0.1) is 0 Å². The lowest BCUT2D eigenvalue weighted by atomic mass is 9.92. The Bertz CT molecular complexity index is 986. The first kappa shape index (κ1) is 23.1. The summed E-state index contributed by atoms with van der Waals surface area (Å²) in [5.41, 5.74) is -4.05. The number of rotatable bonds is 4. The van der Waals surface area contributed by atoms with Crippen LogP contribution in [0.4, 0.5) is 22.0 Å². The molecule has 1 unspecified atom stereocenters. The Morgan fingerprint density at radius 1 is 1.12 bits per heavy atom. The van der Waals surface area contributed by atoms with Gasteiger partial charge in [-0.25, -0.2) is 13.8 Å². The van der Waals surface area contributed by atoms with Crippen LogP contribution in [0, 0.1) is 17.6 Å². The van der Waals surface area contributed by atoms with E-state index in [2.05, 4.69) is 15.3 Å². The molecule has 3 aliphatic rings. The summed E-state index contributed by atoms with van der Waals surface area (Å²) >= 11 is 0. The van der Waals surface area contributed by atoms with Crippen molar-refractivity contribution in [1.82, 2.24) is 10.4 Å². The predicted molar refractivity (Wildman–Crippen MR) is 103 cm³/mol. The van der Waals surface area contributed by atoms with Crippen LogP contribution in [0.1, 0.15) is 31.2 Å². The van der Waals surface area contributed by atoms with Gasteiger partial charge in [-0.1, -0.05) is 17.3 Å². The van der Waals surface area contributed by atoms with Crippen LogP contribution in [0.3, 0.4) is 0 Å². The molecule has 0 radical (unpaired) electrons. The molecule has 0 spiro atoms. The van der Waals surface area contributed by atoms with E-state index in [4.69, 9.17) is 4.84 Å². The summed E-state index contributed by atoms with van der Waals surface area (Å²) < 4.78 is 68.8. The van der Waals surface area contributed by atoms with Crippen molar-refractivity contribution in [1.29, 1.82) is 0 Å². The molecule has 2 heterocycles. The van der Waals surface area contributed by atoms with Crippen LogP contribution >= 0.6 is 0 Å². The Kier molecular flexibility index (Phi) is 6.12. The Hall–Kier alpha value is -3.02. The number of halogens is 5. The Morgan fingerprint density at radius 2 is 1.85 bits per heavy atom. The van der Waals surface area contributed by atoms with Crippen LogP contribution in [0.25, 0.3) is 0 Å². The maximum Gasteiger partial charge on any atom is 0.440 e. The summed E-state index contributed by atoms with van der Waals surface area (Å²) in [6.45, 7) is 0.831. The van der Waals surface area contributed by atoms with Crippen molar-refractivity contribution in [3.8, 4) is 0 Å². The second kappa shape index (κ2) is 8.73. The normalized spacial score (nSPS) is 27.3. The van der Waals surface area contributed by atoms with Crippen LogP contribution in [0.2, 0.25) is 0 Å². The average molecular weight is 473 g/mol. The molecular formula is C21H20F5N3O4. The third kappa shape index (κ3) is 4.56. The fourth-order valence-corrected chi connectivity index (χ4v) is 3.94. The first-order chi connectivity index (χ1) is 15.6. The van der Waals surface area contributed by atoms with Gasteiger partial charge in [0.05, 0.1) is 24.7 Å². The van der Waals surface area contributed by atoms with Crippen molar-refractivity contribution in [2.75, 3.05) is 13.2 Å². The second-order valence-corrected chi connectivity index (χ2v) is 8.08. The standard InChI is InChI=1S/C21H20F5N3O4/c22-14-7-13(8-15(23)10-14)17-11-20(33-28-17,21(24,25)26)19(31)27-16-4-3-12(9-16)18(30)29-5-1-2-6-32-29/h3-4,7-8,10,12,16H,1-2,5-6,9,11H2,(H,27,31)/t12-,16+,20?/m1/s1. The topological polar surface area (TPSA) is 80.2 Å². The highest BCUT2D eigenvalue weighted by molar-refractivity contribution is 6.06. The minimum Gasteiger partial charge on any atom is -0.369 e. The van der Waals surface area contributed by atoms with Gasteiger partial charge >= 0.3 is 11.8 Å². The molecule has 0 bridgehead atoms. The maximum atomic E-state index is 13.9. The lowest BCUT2D eigenvalue weighted by Crippen LogP contribution is -2.58. The number of nitrogens with one attached hydrogen (secondary N) is 1. The highest BCUT2D eigenvalue weighted by atomic mass is 19.4. The number of hydrogen-bond acceptors (Lipinski definition) is 5. The van der Waals surface area contributed by atoms with Crippen molar-refractivity contribution < 1.29 is 41.2 Å². The van der Waals surface area contributed by atoms with Gasteiger partial charge in [0.2, 0.25) is 0 Å². The molecule has 2 amide bonds. The highest BCUT2D eigenvalue weighted by Gasteiger charge is 2.66. The number of oxime groups is 1. The first-order valence-electron chi connectivity index (χ1n) is 10.3. The van der Waals surface area contributed by atoms with Gasteiger partial charge in [-0.2, -0.15) is 13.2 Å². The minimum absolute atomic E-state index is 0.0567. The predicted octanol–water partition coefficient (Wildman–Crippen LogP) is 3.01. The lowest BCUT2D eigenvalue weighted by Gasteiger charge is -2.29. The molecule has 0 saturated carbocycles. The Labute approximate surface area is 185 Å². The van der Waals surface area contributed by atoms with Gasteiger partial charge in [0.15, 0.2) is 0 Å². The third-order valence-electron chi connectivity index (χ3n) is 5.71. The van der Waals surface area contributed by atoms with Crippen molar-refractivity contribution in [3.63, 3.8) is 0 Å². The summed E-state index contributed by atoms with van der Waals surface area (Å²) in [5, 5.41) is 6.80. The van der Waals surface area contributed by atoms with E-state index < -0.39 is 53.4 Å². The number of benzene rings is 1. The number of nitrogens with zero attached hydrogens (tertiary/aromatic N) is 2. The number of alkyl halides is 3. The quantitative estimate of drug-likeness (QED) is 0.539. The van der Waals surface area contributed by atoms with E-state index in [1.807, 2.05) is 0 Å². The largest absolute Gasteiger partial charge is 0.440 e. The van der Waals surface area contributed by atoms with Crippen LogP contribution in [-0.4, -0.2) is 53.6 Å². The van der Waals surface area contributed by atoms with E-state index in [9.17, 15) is 31.5 Å². The van der Waals surface area contributed by atoms with Gasteiger partial charge in [-0.3, -0.25) is 14.4 Å². The zero-order valence-electron chi connectivity index (χ0n) is 17.2. The molecule has 0 aromatic heterocycles. The van der Waals surface area contributed by atoms with Gasteiger partial charge in [0, 0.05) is 24.2 Å². The molecule has 1 aromatic carbocycles. The van der Waals surface area contributed by atoms with Crippen LogP contribution < -0.4 is 5.32 Å². The lowest BCUT2D eigenvalue weighted by molar-refractivity contribution is -0.259. The number of carbonyl (C=O) groups excluding carboxylic acids is 2. The van der Waals surface area contributed by atoms with E-state index in [0.29, 0.717) is 19.2 Å². The molecule has 33 heavy (non-hydrogen) atoms. The molecule has 178 valence electrons. The zero-order valence-corrected chi connectivity index (χ0v) is 17.2. The van der Waals surface area contributed by atoms with Crippen molar-refractivity contribution >= 4 is 17.5 Å². The number of hydroxylamine groups is 2.